The van der Waals surface area contributed by atoms with Crippen LogP contribution in [0.25, 0.3) is 0 Å². The molecular weight excluding hydrogens is 184 g/mol. The average Bonchev–Trinajstić information content (AvgIpc) is 2.21. The van der Waals surface area contributed by atoms with Crippen molar-refractivity contribution in [2.75, 3.05) is 13.2 Å². The first-order valence-electron chi connectivity index (χ1n) is 5.15. The molecule has 4 heteroatoms. The highest BCUT2D eigenvalue weighted by Gasteiger charge is 2.06. The molecule has 0 aliphatic rings. The van der Waals surface area contributed by atoms with Gasteiger partial charge in [0, 0.05) is 6.42 Å². The van der Waals surface area contributed by atoms with Crippen molar-refractivity contribution < 1.29 is 19.7 Å². The maximum absolute atomic E-state index is 11.0. The van der Waals surface area contributed by atoms with Crippen LogP contribution in [-0.4, -0.2) is 35.5 Å². The van der Waals surface area contributed by atoms with Gasteiger partial charge in [0.1, 0.15) is 12.7 Å². The molecule has 2 N–H and O–H groups in total. The predicted molar refractivity (Wildman–Crippen MR) is 52.8 cm³/mol. The van der Waals surface area contributed by atoms with E-state index in [4.69, 9.17) is 14.9 Å². The molecule has 0 saturated carbocycles. The zero-order valence-electron chi connectivity index (χ0n) is 8.74. The van der Waals surface area contributed by atoms with E-state index in [1.165, 1.54) is 0 Å². The lowest BCUT2D eigenvalue weighted by molar-refractivity contribution is -0.147. The fourth-order valence-electron chi connectivity index (χ4n) is 1.01. The monoisotopic (exact) mass is 204 g/mol. The van der Waals surface area contributed by atoms with Crippen molar-refractivity contribution in [1.29, 1.82) is 0 Å². The van der Waals surface area contributed by atoms with Crippen LogP contribution in [-0.2, 0) is 9.53 Å². The topological polar surface area (TPSA) is 66.8 Å². The third-order valence-electron chi connectivity index (χ3n) is 1.88. The van der Waals surface area contributed by atoms with Gasteiger partial charge in [-0.3, -0.25) is 4.79 Å². The third kappa shape index (κ3) is 8.01. The highest BCUT2D eigenvalue weighted by molar-refractivity contribution is 5.69. The van der Waals surface area contributed by atoms with Gasteiger partial charge in [0.2, 0.25) is 0 Å². The highest BCUT2D eigenvalue weighted by Crippen LogP contribution is 2.03. The number of aliphatic hydroxyl groups is 2. The molecule has 1 atom stereocenters. The molecule has 0 aromatic heterocycles. The van der Waals surface area contributed by atoms with Crippen molar-refractivity contribution in [2.45, 2.75) is 45.1 Å². The van der Waals surface area contributed by atoms with Gasteiger partial charge in [-0.2, -0.15) is 0 Å². The van der Waals surface area contributed by atoms with Crippen molar-refractivity contribution in [3.05, 3.63) is 0 Å². The van der Waals surface area contributed by atoms with Crippen LogP contribution in [0.5, 0.6) is 0 Å². The lowest BCUT2D eigenvalue weighted by Crippen LogP contribution is -2.21. The van der Waals surface area contributed by atoms with Gasteiger partial charge in [0.15, 0.2) is 0 Å². The van der Waals surface area contributed by atoms with E-state index in [0.29, 0.717) is 6.42 Å². The fraction of sp³-hybridized carbons (Fsp3) is 0.900. The largest absolute Gasteiger partial charge is 0.463 e. The molecule has 0 bridgehead atoms. The normalized spacial score (nSPS) is 12.5. The Bertz CT molecular complexity index is 147. The molecule has 0 radical (unpaired) electrons. The van der Waals surface area contributed by atoms with Gasteiger partial charge < -0.3 is 14.9 Å². The van der Waals surface area contributed by atoms with Gasteiger partial charge in [-0.15, -0.1) is 0 Å². The van der Waals surface area contributed by atoms with Crippen LogP contribution in [0.2, 0.25) is 0 Å². The molecule has 0 saturated heterocycles. The zero-order valence-corrected chi connectivity index (χ0v) is 8.74. The summed E-state index contributed by atoms with van der Waals surface area (Å²) in [4.78, 5) is 11.0. The summed E-state index contributed by atoms with van der Waals surface area (Å²) in [6.07, 6.45) is 3.59. The average molecular weight is 204 g/mol. The Kier molecular flexibility index (Phi) is 8.57. The molecule has 0 fully saturated rings. The third-order valence-corrected chi connectivity index (χ3v) is 1.88. The zero-order chi connectivity index (χ0) is 10.8. The Morgan fingerprint density at radius 1 is 1.36 bits per heavy atom. The summed E-state index contributed by atoms with van der Waals surface area (Å²) in [6, 6.07) is 0. The molecule has 84 valence electrons. The van der Waals surface area contributed by atoms with Crippen molar-refractivity contribution in [3.63, 3.8) is 0 Å². The Labute approximate surface area is 84.9 Å². The number of carbonyl (C=O) groups is 1. The summed E-state index contributed by atoms with van der Waals surface area (Å²) in [5.74, 6) is -0.298. The Balaban J connectivity index is 3.28. The van der Waals surface area contributed by atoms with Crippen LogP contribution in [0.3, 0.4) is 0 Å². The summed E-state index contributed by atoms with van der Waals surface area (Å²) < 4.78 is 4.73. The summed E-state index contributed by atoms with van der Waals surface area (Å²) >= 11 is 0. The van der Waals surface area contributed by atoms with Crippen LogP contribution in [0, 0.1) is 0 Å². The van der Waals surface area contributed by atoms with E-state index in [2.05, 4.69) is 6.92 Å². The fourth-order valence-corrected chi connectivity index (χ4v) is 1.01. The molecular formula is C10H20O4. The maximum Gasteiger partial charge on any atom is 0.305 e. The molecule has 0 rings (SSSR count). The van der Waals surface area contributed by atoms with Crippen LogP contribution in [0.15, 0.2) is 0 Å². The van der Waals surface area contributed by atoms with Gasteiger partial charge in [-0.25, -0.2) is 0 Å². The predicted octanol–water partition coefficient (Wildman–Crippen LogP) is 0.853. The molecule has 0 aromatic rings. The molecule has 0 heterocycles. The minimum absolute atomic E-state index is 0.108. The number of rotatable bonds is 8. The number of aliphatic hydroxyl groups excluding tert-OH is 2. The molecule has 0 aliphatic heterocycles. The smallest absolute Gasteiger partial charge is 0.305 e. The number of carbonyl (C=O) groups excluding carboxylic acids is 1. The number of hydrogen-bond donors (Lipinski definition) is 2. The molecule has 4 nitrogen and oxygen atoms in total. The standard InChI is InChI=1S/C10H20O4/c1-2-3-4-5-6-10(13)14-8-9(12)7-11/h9,11-12H,2-8H2,1H3/t9-/m0/s1. The van der Waals surface area contributed by atoms with Crippen LogP contribution in [0.4, 0.5) is 0 Å². The first-order chi connectivity index (χ1) is 6.70. The molecule has 0 aliphatic carbocycles. The maximum atomic E-state index is 11.0. The first kappa shape index (κ1) is 13.4. The molecule has 0 unspecified atom stereocenters. The van der Waals surface area contributed by atoms with Gasteiger partial charge in [0.05, 0.1) is 6.61 Å². The van der Waals surface area contributed by atoms with E-state index in [9.17, 15) is 4.79 Å². The van der Waals surface area contributed by atoms with Gasteiger partial charge >= 0.3 is 5.97 Å². The van der Waals surface area contributed by atoms with E-state index in [-0.39, 0.29) is 19.2 Å². The van der Waals surface area contributed by atoms with Gasteiger partial charge in [0.25, 0.3) is 0 Å². The van der Waals surface area contributed by atoms with Crippen molar-refractivity contribution in [1.82, 2.24) is 0 Å². The minimum atomic E-state index is -0.949. The SMILES string of the molecule is CCCCCCC(=O)OC[C@@H](O)CO. The Hall–Kier alpha value is -0.610. The first-order valence-corrected chi connectivity index (χ1v) is 5.15. The van der Waals surface area contributed by atoms with E-state index in [0.717, 1.165) is 25.7 Å². The van der Waals surface area contributed by atoms with Crippen LogP contribution < -0.4 is 0 Å². The molecule has 0 spiro atoms. The second-order valence-electron chi connectivity index (χ2n) is 3.33. The minimum Gasteiger partial charge on any atom is -0.463 e. The Morgan fingerprint density at radius 2 is 2.07 bits per heavy atom. The van der Waals surface area contributed by atoms with E-state index < -0.39 is 6.10 Å². The van der Waals surface area contributed by atoms with Crippen LogP contribution >= 0.6 is 0 Å². The van der Waals surface area contributed by atoms with E-state index in [1.807, 2.05) is 0 Å². The van der Waals surface area contributed by atoms with Gasteiger partial charge in [-0.05, 0) is 6.42 Å². The summed E-state index contributed by atoms with van der Waals surface area (Å²) in [7, 11) is 0. The number of hydrogen-bond acceptors (Lipinski definition) is 4. The summed E-state index contributed by atoms with van der Waals surface area (Å²) in [6.45, 7) is 1.63. The molecule has 0 amide bonds. The van der Waals surface area contributed by atoms with Gasteiger partial charge in [-0.1, -0.05) is 26.2 Å². The van der Waals surface area contributed by atoms with Crippen molar-refractivity contribution in [3.8, 4) is 0 Å². The number of esters is 1. The van der Waals surface area contributed by atoms with Crippen molar-refractivity contribution in [2.24, 2.45) is 0 Å². The summed E-state index contributed by atoms with van der Waals surface area (Å²) in [5.41, 5.74) is 0. The van der Waals surface area contributed by atoms with Crippen molar-refractivity contribution >= 4 is 5.97 Å². The number of unbranched alkanes of at least 4 members (excludes halogenated alkanes) is 3. The second kappa shape index (κ2) is 8.97. The van der Waals surface area contributed by atoms with Crippen LogP contribution in [0.1, 0.15) is 39.0 Å². The quantitative estimate of drug-likeness (QED) is 0.454. The van der Waals surface area contributed by atoms with E-state index in [1.54, 1.807) is 0 Å². The highest BCUT2D eigenvalue weighted by atomic mass is 16.5. The Morgan fingerprint density at radius 3 is 2.64 bits per heavy atom. The second-order valence-corrected chi connectivity index (χ2v) is 3.33. The summed E-state index contributed by atoms with van der Waals surface area (Å²) in [5, 5.41) is 17.3. The van der Waals surface area contributed by atoms with E-state index >= 15 is 0 Å². The lowest BCUT2D eigenvalue weighted by atomic mass is 10.2. The number of ether oxygens (including phenoxy) is 1. The molecule has 0 aromatic carbocycles. The lowest BCUT2D eigenvalue weighted by Gasteiger charge is -2.07. The molecule has 14 heavy (non-hydrogen) atoms.